The molecule has 5 rings (SSSR count). The van der Waals surface area contributed by atoms with E-state index in [1.54, 1.807) is 18.6 Å². The predicted molar refractivity (Wildman–Crippen MR) is 120 cm³/mol. The van der Waals surface area contributed by atoms with Crippen molar-refractivity contribution in [3.05, 3.63) is 60.2 Å². The summed E-state index contributed by atoms with van der Waals surface area (Å²) >= 11 is 0. The molecule has 4 aromatic heterocycles. The first kappa shape index (κ1) is 19.2. The van der Waals surface area contributed by atoms with Crippen LogP contribution in [0.25, 0.3) is 22.0 Å². The number of hydrogen-bond donors (Lipinski definition) is 2. The van der Waals surface area contributed by atoms with Crippen molar-refractivity contribution < 1.29 is 4.79 Å². The van der Waals surface area contributed by atoms with E-state index in [1.807, 2.05) is 42.9 Å². The zero-order valence-corrected chi connectivity index (χ0v) is 17.5. The molecule has 0 aliphatic carbocycles. The molecule has 0 atom stereocenters. The van der Waals surface area contributed by atoms with Gasteiger partial charge < -0.3 is 15.2 Å². The van der Waals surface area contributed by atoms with E-state index in [1.165, 1.54) is 0 Å². The Morgan fingerprint density at radius 2 is 1.90 bits per heavy atom. The average molecular weight is 413 g/mol. The number of amides is 1. The third-order valence-electron chi connectivity index (χ3n) is 5.68. The molecule has 8 heteroatoms. The molecule has 4 aromatic rings. The van der Waals surface area contributed by atoms with Gasteiger partial charge in [0, 0.05) is 60.7 Å². The Balaban J connectivity index is 1.45. The molecule has 5 heterocycles. The molecule has 0 radical (unpaired) electrons. The second-order valence-electron chi connectivity index (χ2n) is 7.72. The number of fused-ring (bicyclic) bond motifs is 2. The highest BCUT2D eigenvalue weighted by Gasteiger charge is 2.19. The van der Waals surface area contributed by atoms with Crippen LogP contribution in [0.4, 0.5) is 11.5 Å². The Kier molecular flexibility index (Phi) is 4.82. The lowest BCUT2D eigenvalue weighted by molar-refractivity contribution is 0.101. The molecule has 0 unspecified atom stereocenters. The van der Waals surface area contributed by atoms with Crippen LogP contribution in [0.2, 0.25) is 0 Å². The van der Waals surface area contributed by atoms with Crippen LogP contribution in [0, 0.1) is 6.92 Å². The van der Waals surface area contributed by atoms with E-state index in [-0.39, 0.29) is 5.91 Å². The second-order valence-corrected chi connectivity index (χ2v) is 7.72. The van der Waals surface area contributed by atoms with E-state index in [4.69, 9.17) is 0 Å². The van der Waals surface area contributed by atoms with E-state index in [0.29, 0.717) is 11.4 Å². The number of carbonyl (C=O) groups excluding carboxylic acids is 1. The molecule has 8 nitrogen and oxygen atoms in total. The minimum Gasteiger partial charge on any atom is -0.373 e. The van der Waals surface area contributed by atoms with E-state index in [0.717, 1.165) is 65.2 Å². The lowest BCUT2D eigenvalue weighted by atomic mass is 10.0. The summed E-state index contributed by atoms with van der Waals surface area (Å²) in [4.78, 5) is 30.7. The number of hydrogen-bond acceptors (Lipinski definition) is 6. The summed E-state index contributed by atoms with van der Waals surface area (Å²) in [5.41, 5.74) is 4.80. The van der Waals surface area contributed by atoms with Crippen molar-refractivity contribution in [3.63, 3.8) is 0 Å². The van der Waals surface area contributed by atoms with Crippen molar-refractivity contribution in [3.8, 4) is 11.1 Å². The van der Waals surface area contributed by atoms with E-state index in [2.05, 4.69) is 30.6 Å². The third kappa shape index (κ3) is 3.61. The zero-order chi connectivity index (χ0) is 21.4. The van der Waals surface area contributed by atoms with Gasteiger partial charge in [0.05, 0.1) is 23.6 Å². The van der Waals surface area contributed by atoms with Crippen molar-refractivity contribution >= 4 is 28.3 Å². The van der Waals surface area contributed by atoms with Crippen molar-refractivity contribution in [1.82, 2.24) is 24.5 Å². The van der Waals surface area contributed by atoms with Crippen LogP contribution in [0.15, 0.2) is 43.0 Å². The van der Waals surface area contributed by atoms with Crippen LogP contribution < -0.4 is 10.6 Å². The zero-order valence-electron chi connectivity index (χ0n) is 17.5. The highest BCUT2D eigenvalue weighted by Crippen LogP contribution is 2.28. The molecule has 2 N–H and O–H groups in total. The predicted octanol–water partition coefficient (Wildman–Crippen LogP) is 3.83. The normalized spacial score (nSPS) is 13.1. The fraction of sp³-hybridized carbons (Fsp3) is 0.261. The Morgan fingerprint density at radius 3 is 2.77 bits per heavy atom. The van der Waals surface area contributed by atoms with E-state index in [9.17, 15) is 4.79 Å². The quantitative estimate of drug-likeness (QED) is 0.528. The molecule has 1 amide bonds. The summed E-state index contributed by atoms with van der Waals surface area (Å²) in [6.45, 7) is 2.78. The Morgan fingerprint density at radius 1 is 1.00 bits per heavy atom. The summed E-state index contributed by atoms with van der Waals surface area (Å²) in [6.07, 6.45) is 10.1. The number of rotatable bonds is 4. The first-order valence-corrected chi connectivity index (χ1v) is 10.4. The summed E-state index contributed by atoms with van der Waals surface area (Å²) < 4.78 is 2.01. The van der Waals surface area contributed by atoms with Crippen molar-refractivity contribution in [2.45, 2.75) is 32.7 Å². The van der Waals surface area contributed by atoms with Crippen molar-refractivity contribution in [2.75, 3.05) is 17.7 Å². The summed E-state index contributed by atoms with van der Waals surface area (Å²) in [6, 6.07) is 5.89. The summed E-state index contributed by atoms with van der Waals surface area (Å²) in [5.74, 6) is 1.59. The van der Waals surface area contributed by atoms with Gasteiger partial charge in [0.15, 0.2) is 0 Å². The van der Waals surface area contributed by atoms with Crippen LogP contribution in [0.3, 0.4) is 0 Å². The minimum atomic E-state index is -0.169. The maximum Gasteiger partial charge on any atom is 0.273 e. The summed E-state index contributed by atoms with van der Waals surface area (Å²) in [5, 5.41) is 6.94. The second kappa shape index (κ2) is 7.79. The van der Waals surface area contributed by atoms with Gasteiger partial charge in [-0.15, -0.1) is 0 Å². The highest BCUT2D eigenvalue weighted by molar-refractivity contribution is 6.03. The number of carbonyl (C=O) groups is 1. The fourth-order valence-electron chi connectivity index (χ4n) is 3.99. The molecular weight excluding hydrogens is 390 g/mol. The topological polar surface area (TPSA) is 97.6 Å². The molecule has 0 fully saturated rings. The van der Waals surface area contributed by atoms with Gasteiger partial charge in [0.1, 0.15) is 17.3 Å². The van der Waals surface area contributed by atoms with Crippen molar-refractivity contribution in [2.24, 2.45) is 0 Å². The Bertz CT molecular complexity index is 1290. The maximum absolute atomic E-state index is 12.9. The number of anilines is 2. The van der Waals surface area contributed by atoms with Gasteiger partial charge in [-0.2, -0.15) is 0 Å². The van der Waals surface area contributed by atoms with Crippen LogP contribution >= 0.6 is 0 Å². The van der Waals surface area contributed by atoms with Gasteiger partial charge in [0.2, 0.25) is 0 Å². The largest absolute Gasteiger partial charge is 0.373 e. The van der Waals surface area contributed by atoms with Crippen LogP contribution in [-0.2, 0) is 13.0 Å². The lowest BCUT2D eigenvalue weighted by Gasteiger charge is -2.16. The number of pyridine rings is 3. The molecule has 1 aliphatic heterocycles. The molecular formula is C23H23N7O. The molecule has 156 valence electrons. The lowest BCUT2D eigenvalue weighted by Crippen LogP contribution is -2.20. The molecule has 1 aliphatic rings. The highest BCUT2D eigenvalue weighted by atomic mass is 16.2. The van der Waals surface area contributed by atoms with Gasteiger partial charge in [-0.1, -0.05) is 0 Å². The van der Waals surface area contributed by atoms with Gasteiger partial charge in [-0.3, -0.25) is 14.8 Å². The Labute approximate surface area is 179 Å². The molecule has 0 aromatic carbocycles. The molecule has 0 saturated carbocycles. The first-order chi connectivity index (χ1) is 15.1. The van der Waals surface area contributed by atoms with Gasteiger partial charge in [0.25, 0.3) is 5.91 Å². The maximum atomic E-state index is 12.9. The number of imidazole rings is 1. The monoisotopic (exact) mass is 413 g/mol. The molecule has 31 heavy (non-hydrogen) atoms. The van der Waals surface area contributed by atoms with Gasteiger partial charge in [-0.25, -0.2) is 9.97 Å². The number of aryl methyl sites for hydroxylation is 2. The SMILES string of the molecule is CNc1cc2ncc(-c3cc(NC(=O)c4cnc5n4CCCC5)cnc3C)cc2cn1. The van der Waals surface area contributed by atoms with E-state index >= 15 is 0 Å². The minimum absolute atomic E-state index is 0.169. The molecule has 0 spiro atoms. The third-order valence-corrected chi connectivity index (χ3v) is 5.68. The van der Waals surface area contributed by atoms with Crippen LogP contribution in [-0.4, -0.2) is 37.5 Å². The van der Waals surface area contributed by atoms with Gasteiger partial charge >= 0.3 is 0 Å². The molecule has 0 bridgehead atoms. The smallest absolute Gasteiger partial charge is 0.273 e. The first-order valence-electron chi connectivity index (χ1n) is 10.4. The van der Waals surface area contributed by atoms with Crippen molar-refractivity contribution in [1.29, 1.82) is 0 Å². The number of nitrogens with one attached hydrogen (secondary N) is 2. The summed E-state index contributed by atoms with van der Waals surface area (Å²) in [7, 11) is 1.83. The number of nitrogens with zero attached hydrogens (tertiary/aromatic N) is 5. The Hall–Kier alpha value is -3.81. The molecule has 0 saturated heterocycles. The van der Waals surface area contributed by atoms with Crippen LogP contribution in [0.1, 0.15) is 34.8 Å². The standard InChI is InChI=1S/C23H23N7O/c1-14-18(15-7-16-11-27-21(24-2)9-19(16)26-10-15)8-17(12-25-14)29-23(31)20-13-28-22-5-3-4-6-30(20)22/h7-13H,3-6H2,1-2H3,(H,24,27)(H,29,31). The van der Waals surface area contributed by atoms with E-state index < -0.39 is 0 Å². The number of aromatic nitrogens is 5. The fourth-order valence-corrected chi connectivity index (χ4v) is 3.99. The van der Waals surface area contributed by atoms with Gasteiger partial charge in [-0.05, 0) is 31.9 Å². The van der Waals surface area contributed by atoms with Crippen LogP contribution in [0.5, 0.6) is 0 Å². The average Bonchev–Trinajstić information content (AvgIpc) is 3.24.